The number of benzene rings is 1. The lowest BCUT2D eigenvalue weighted by Crippen LogP contribution is -2.11. The summed E-state index contributed by atoms with van der Waals surface area (Å²) in [4.78, 5) is 12.2. The Balaban J connectivity index is 2.19. The van der Waals surface area contributed by atoms with Gasteiger partial charge in [0, 0.05) is 30.1 Å². The number of aryl methyl sites for hydroxylation is 4. The normalized spacial score (nSPS) is 11.1. The summed E-state index contributed by atoms with van der Waals surface area (Å²) in [6.07, 6.45) is 4.29. The van der Waals surface area contributed by atoms with Crippen LogP contribution in [0.5, 0.6) is 0 Å². The Morgan fingerprint density at radius 2 is 2.05 bits per heavy atom. The lowest BCUT2D eigenvalue weighted by atomic mass is 10.1. The fourth-order valence-electron chi connectivity index (χ4n) is 2.56. The number of hydrogen-bond acceptors (Lipinski definition) is 2. The van der Waals surface area contributed by atoms with Gasteiger partial charge in [-0.1, -0.05) is 25.1 Å². The molecule has 0 spiro atoms. The summed E-state index contributed by atoms with van der Waals surface area (Å²) in [5, 5.41) is 7.34. The molecule has 116 valence electrons. The van der Waals surface area contributed by atoms with Crippen molar-refractivity contribution in [3.05, 3.63) is 52.4 Å². The zero-order valence-corrected chi connectivity index (χ0v) is 13.9. The van der Waals surface area contributed by atoms with E-state index in [2.05, 4.69) is 17.3 Å². The molecule has 0 aliphatic rings. The SMILES string of the molecule is CCc1cccc(C)c1NC(=O)/C=C/c1c(C)nn(C)c1C. The first-order chi connectivity index (χ1) is 10.4. The van der Waals surface area contributed by atoms with Gasteiger partial charge in [0.1, 0.15) is 0 Å². The second kappa shape index (κ2) is 6.60. The largest absolute Gasteiger partial charge is 0.322 e. The van der Waals surface area contributed by atoms with Gasteiger partial charge in [-0.05, 0) is 44.4 Å². The molecule has 1 amide bonds. The Labute approximate surface area is 131 Å². The van der Waals surface area contributed by atoms with Crippen LogP contribution in [0, 0.1) is 20.8 Å². The predicted molar refractivity (Wildman–Crippen MR) is 90.9 cm³/mol. The first kappa shape index (κ1) is 16.0. The molecule has 4 heteroatoms. The monoisotopic (exact) mass is 297 g/mol. The van der Waals surface area contributed by atoms with Crippen molar-refractivity contribution in [3.63, 3.8) is 0 Å². The van der Waals surface area contributed by atoms with Crippen molar-refractivity contribution in [3.8, 4) is 0 Å². The lowest BCUT2D eigenvalue weighted by molar-refractivity contribution is -0.111. The Kier molecular flexibility index (Phi) is 4.81. The second-order valence-corrected chi connectivity index (χ2v) is 5.49. The quantitative estimate of drug-likeness (QED) is 0.877. The van der Waals surface area contributed by atoms with Gasteiger partial charge in [0.05, 0.1) is 5.69 Å². The number of aromatic nitrogens is 2. The number of para-hydroxylation sites is 1. The van der Waals surface area contributed by atoms with E-state index in [9.17, 15) is 4.79 Å². The minimum atomic E-state index is -0.119. The number of amides is 1. The lowest BCUT2D eigenvalue weighted by Gasteiger charge is -2.11. The van der Waals surface area contributed by atoms with E-state index in [-0.39, 0.29) is 5.91 Å². The van der Waals surface area contributed by atoms with Crippen LogP contribution in [0.2, 0.25) is 0 Å². The molecule has 1 heterocycles. The van der Waals surface area contributed by atoms with Gasteiger partial charge >= 0.3 is 0 Å². The molecule has 1 aromatic carbocycles. The van der Waals surface area contributed by atoms with Crippen LogP contribution in [0.25, 0.3) is 6.08 Å². The summed E-state index contributed by atoms with van der Waals surface area (Å²) in [7, 11) is 1.90. The first-order valence-electron chi connectivity index (χ1n) is 7.51. The van der Waals surface area contributed by atoms with E-state index in [1.54, 1.807) is 6.08 Å². The molecule has 0 saturated heterocycles. The van der Waals surface area contributed by atoms with Crippen molar-refractivity contribution in [1.82, 2.24) is 9.78 Å². The van der Waals surface area contributed by atoms with Crippen LogP contribution >= 0.6 is 0 Å². The summed E-state index contributed by atoms with van der Waals surface area (Å²) < 4.78 is 1.82. The van der Waals surface area contributed by atoms with Crippen LogP contribution in [-0.2, 0) is 18.3 Å². The van der Waals surface area contributed by atoms with Crippen molar-refractivity contribution in [1.29, 1.82) is 0 Å². The number of hydrogen-bond donors (Lipinski definition) is 1. The van der Waals surface area contributed by atoms with Crippen molar-refractivity contribution in [2.45, 2.75) is 34.1 Å². The van der Waals surface area contributed by atoms with E-state index >= 15 is 0 Å². The van der Waals surface area contributed by atoms with E-state index in [1.807, 2.05) is 56.8 Å². The number of rotatable bonds is 4. The summed E-state index contributed by atoms with van der Waals surface area (Å²) in [6.45, 7) is 8.03. The van der Waals surface area contributed by atoms with Gasteiger partial charge in [0.15, 0.2) is 0 Å². The molecule has 0 radical (unpaired) electrons. The number of carbonyl (C=O) groups excluding carboxylic acids is 1. The molecule has 2 rings (SSSR count). The van der Waals surface area contributed by atoms with Crippen LogP contribution in [0.15, 0.2) is 24.3 Å². The maximum absolute atomic E-state index is 12.2. The number of carbonyl (C=O) groups is 1. The third kappa shape index (κ3) is 3.27. The van der Waals surface area contributed by atoms with Gasteiger partial charge in [-0.3, -0.25) is 9.48 Å². The fraction of sp³-hybridized carbons (Fsp3) is 0.333. The molecule has 1 aromatic heterocycles. The highest BCUT2D eigenvalue weighted by atomic mass is 16.1. The molecule has 0 bridgehead atoms. The van der Waals surface area contributed by atoms with Crippen LogP contribution in [0.3, 0.4) is 0 Å². The Morgan fingerprint density at radius 3 is 2.64 bits per heavy atom. The highest BCUT2D eigenvalue weighted by molar-refractivity contribution is 6.03. The number of nitrogens with one attached hydrogen (secondary N) is 1. The zero-order valence-electron chi connectivity index (χ0n) is 13.9. The zero-order chi connectivity index (χ0) is 16.3. The van der Waals surface area contributed by atoms with Crippen molar-refractivity contribution in [2.24, 2.45) is 7.05 Å². The van der Waals surface area contributed by atoms with E-state index in [0.29, 0.717) is 0 Å². The van der Waals surface area contributed by atoms with E-state index in [0.717, 1.165) is 40.2 Å². The molecule has 0 atom stereocenters. The Morgan fingerprint density at radius 1 is 1.32 bits per heavy atom. The summed E-state index contributed by atoms with van der Waals surface area (Å²) in [5.41, 5.74) is 6.11. The molecule has 22 heavy (non-hydrogen) atoms. The minimum absolute atomic E-state index is 0.119. The highest BCUT2D eigenvalue weighted by Gasteiger charge is 2.08. The van der Waals surface area contributed by atoms with Gasteiger partial charge in [0.2, 0.25) is 5.91 Å². The molecular formula is C18H23N3O. The molecule has 0 aliphatic carbocycles. The molecule has 2 aromatic rings. The highest BCUT2D eigenvalue weighted by Crippen LogP contribution is 2.21. The molecule has 0 fully saturated rings. The number of anilines is 1. The van der Waals surface area contributed by atoms with Crippen molar-refractivity contribution < 1.29 is 4.79 Å². The molecule has 0 aliphatic heterocycles. The van der Waals surface area contributed by atoms with Gasteiger partial charge in [-0.15, -0.1) is 0 Å². The number of nitrogens with zero attached hydrogens (tertiary/aromatic N) is 2. The maximum atomic E-state index is 12.2. The predicted octanol–water partition coefficient (Wildman–Crippen LogP) is 3.56. The Hall–Kier alpha value is -2.36. The van der Waals surface area contributed by atoms with Gasteiger partial charge in [0.25, 0.3) is 0 Å². The molecule has 4 nitrogen and oxygen atoms in total. The van der Waals surface area contributed by atoms with Crippen molar-refractivity contribution in [2.75, 3.05) is 5.32 Å². The summed E-state index contributed by atoms with van der Waals surface area (Å²) in [6, 6.07) is 6.07. The van der Waals surface area contributed by atoms with E-state index in [4.69, 9.17) is 0 Å². The topological polar surface area (TPSA) is 46.9 Å². The molecule has 1 N–H and O–H groups in total. The standard InChI is InChI=1S/C18H23N3O/c1-6-15-9-7-8-12(2)18(15)19-17(22)11-10-16-13(3)20-21(5)14(16)4/h7-11H,6H2,1-5H3,(H,19,22)/b11-10+. The average molecular weight is 297 g/mol. The molecule has 0 saturated carbocycles. The second-order valence-electron chi connectivity index (χ2n) is 5.49. The Bertz CT molecular complexity index is 726. The van der Waals surface area contributed by atoms with Crippen molar-refractivity contribution >= 4 is 17.7 Å². The van der Waals surface area contributed by atoms with Gasteiger partial charge < -0.3 is 5.32 Å². The van der Waals surface area contributed by atoms with Gasteiger partial charge in [-0.2, -0.15) is 5.10 Å². The summed E-state index contributed by atoms with van der Waals surface area (Å²) >= 11 is 0. The fourth-order valence-corrected chi connectivity index (χ4v) is 2.56. The third-order valence-electron chi connectivity index (χ3n) is 3.95. The first-order valence-corrected chi connectivity index (χ1v) is 7.51. The van der Waals surface area contributed by atoms with E-state index < -0.39 is 0 Å². The molecule has 0 unspecified atom stereocenters. The summed E-state index contributed by atoms with van der Waals surface area (Å²) in [5.74, 6) is -0.119. The third-order valence-corrected chi connectivity index (χ3v) is 3.95. The van der Waals surface area contributed by atoms with Gasteiger partial charge in [-0.25, -0.2) is 0 Å². The average Bonchev–Trinajstić information content (AvgIpc) is 2.72. The smallest absolute Gasteiger partial charge is 0.248 e. The van der Waals surface area contributed by atoms with Crippen LogP contribution < -0.4 is 5.32 Å². The van der Waals surface area contributed by atoms with Crippen LogP contribution in [0.4, 0.5) is 5.69 Å². The van der Waals surface area contributed by atoms with E-state index in [1.165, 1.54) is 0 Å². The minimum Gasteiger partial charge on any atom is -0.322 e. The maximum Gasteiger partial charge on any atom is 0.248 e. The van der Waals surface area contributed by atoms with Crippen LogP contribution in [0.1, 0.15) is 35.0 Å². The van der Waals surface area contributed by atoms with Crippen LogP contribution in [-0.4, -0.2) is 15.7 Å². The molecular weight excluding hydrogens is 274 g/mol.